The van der Waals surface area contributed by atoms with Crippen LogP contribution in [-0.4, -0.2) is 11.3 Å². The first kappa shape index (κ1) is 27.0. The average molecular weight is 671 g/mol. The van der Waals surface area contributed by atoms with Crippen molar-refractivity contribution in [3.63, 3.8) is 0 Å². The summed E-state index contributed by atoms with van der Waals surface area (Å²) in [5.74, 6) is 0. The monoisotopic (exact) mass is 670 g/mol. The molecule has 0 fully saturated rings. The van der Waals surface area contributed by atoms with Crippen LogP contribution in [0.3, 0.4) is 0 Å². The molecule has 10 aromatic rings. The molecule has 0 atom stereocenters. The van der Waals surface area contributed by atoms with E-state index in [1.165, 1.54) is 105 Å². The third-order valence-electron chi connectivity index (χ3n) is 12.9. The van der Waals surface area contributed by atoms with E-state index in [2.05, 4.69) is 173 Å². The van der Waals surface area contributed by atoms with Crippen LogP contribution < -0.4 is 15.8 Å². The van der Waals surface area contributed by atoms with Crippen LogP contribution in [0, 0.1) is 0 Å². The number of aromatic nitrogens is 1. The molecule has 1 aliphatic carbocycles. The molecular weight excluding hydrogens is 643 g/mol. The SMILES string of the molecule is c1ccc2c(c1)-c1ccccc1C21c2ccccc2N2c3c(cccc31)B1c3c(cc4ccccc4c32)-c2cccc3c4c5ccccc5oc4n1c23. The molecule has 8 aromatic carbocycles. The van der Waals surface area contributed by atoms with Gasteiger partial charge in [-0.05, 0) is 73.5 Å². The lowest BCUT2D eigenvalue weighted by Crippen LogP contribution is -2.58. The lowest BCUT2D eigenvalue weighted by molar-refractivity contribution is 0.651. The summed E-state index contributed by atoms with van der Waals surface area (Å²) in [6.45, 7) is -0.0968. The van der Waals surface area contributed by atoms with Crippen molar-refractivity contribution in [2.75, 3.05) is 4.90 Å². The Hall–Kier alpha value is -6.78. The maximum absolute atomic E-state index is 6.95. The highest BCUT2D eigenvalue weighted by atomic mass is 16.3. The average Bonchev–Trinajstić information content (AvgIpc) is 3.85. The third-order valence-corrected chi connectivity index (χ3v) is 12.9. The lowest BCUT2D eigenvalue weighted by atomic mass is 9.43. The van der Waals surface area contributed by atoms with E-state index >= 15 is 0 Å². The van der Waals surface area contributed by atoms with E-state index < -0.39 is 5.41 Å². The van der Waals surface area contributed by atoms with Gasteiger partial charge in [-0.2, -0.15) is 0 Å². The molecule has 0 unspecified atom stereocenters. The van der Waals surface area contributed by atoms with Crippen LogP contribution in [0.2, 0.25) is 0 Å². The smallest absolute Gasteiger partial charge is 0.336 e. The van der Waals surface area contributed by atoms with Crippen molar-refractivity contribution in [1.29, 1.82) is 0 Å². The molecule has 3 aliphatic heterocycles. The summed E-state index contributed by atoms with van der Waals surface area (Å²) in [6, 6.07) is 61.3. The van der Waals surface area contributed by atoms with E-state index in [1.807, 2.05) is 0 Å². The van der Waals surface area contributed by atoms with E-state index in [0.717, 1.165) is 11.3 Å². The first-order valence-corrected chi connectivity index (χ1v) is 18.6. The zero-order chi connectivity index (χ0) is 34.2. The topological polar surface area (TPSA) is 21.3 Å². The molecule has 0 amide bonds. The highest BCUT2D eigenvalue weighted by molar-refractivity contribution is 6.90. The van der Waals surface area contributed by atoms with Gasteiger partial charge in [0.15, 0.2) is 5.71 Å². The van der Waals surface area contributed by atoms with Gasteiger partial charge >= 0.3 is 6.85 Å². The van der Waals surface area contributed by atoms with E-state index in [-0.39, 0.29) is 6.85 Å². The molecule has 4 aliphatic rings. The molecule has 0 bridgehead atoms. The lowest BCUT2D eigenvalue weighted by Gasteiger charge is -2.50. The van der Waals surface area contributed by atoms with E-state index in [0.29, 0.717) is 0 Å². The number of para-hydroxylation sites is 4. The molecule has 0 N–H and O–H groups in total. The summed E-state index contributed by atoms with van der Waals surface area (Å²) in [6.07, 6.45) is 0. The zero-order valence-corrected chi connectivity index (χ0v) is 28.5. The first-order valence-electron chi connectivity index (χ1n) is 18.6. The van der Waals surface area contributed by atoms with Crippen LogP contribution in [0.15, 0.2) is 168 Å². The summed E-state index contributed by atoms with van der Waals surface area (Å²) in [4.78, 5) is 2.64. The minimum atomic E-state index is -0.482. The van der Waals surface area contributed by atoms with Gasteiger partial charge in [-0.3, -0.25) is 0 Å². The Morgan fingerprint density at radius 2 is 1.13 bits per heavy atom. The summed E-state index contributed by atoms with van der Waals surface area (Å²) in [5, 5.41) is 6.12. The van der Waals surface area contributed by atoms with E-state index in [9.17, 15) is 0 Å². The van der Waals surface area contributed by atoms with Crippen molar-refractivity contribution in [2.24, 2.45) is 0 Å². The quantitative estimate of drug-likeness (QED) is 0.150. The number of nitrogens with zero attached hydrogens (tertiary/aromatic N) is 2. The Morgan fingerprint density at radius 1 is 0.491 bits per heavy atom. The van der Waals surface area contributed by atoms with E-state index in [4.69, 9.17) is 4.42 Å². The second kappa shape index (κ2) is 8.98. The molecule has 5 heterocycles. The van der Waals surface area contributed by atoms with Gasteiger partial charge in [-0.15, -0.1) is 0 Å². The van der Waals surface area contributed by atoms with Crippen LogP contribution >= 0.6 is 0 Å². The van der Waals surface area contributed by atoms with Crippen molar-refractivity contribution in [3.8, 4) is 22.3 Å². The van der Waals surface area contributed by atoms with Crippen LogP contribution in [0.5, 0.6) is 0 Å². The highest BCUT2D eigenvalue weighted by Crippen LogP contribution is 2.64. The summed E-state index contributed by atoms with van der Waals surface area (Å²) in [7, 11) is 0. The standard InChI is InChI=1S/C49H27BN2O/c1-2-14-29-28(13-1)27-35-32-18-11-19-34-43-33-17-5-10-26-42(33)53-48(43)52(45(32)34)50-40-24-12-23-39-47(40)51(46(29)44(35)50)41-25-9-8-22-38(41)49(39)36-20-6-3-15-30(36)31-16-4-7-21-37(31)49/h1-27H. The van der Waals surface area contributed by atoms with Gasteiger partial charge in [0.1, 0.15) is 5.58 Å². The number of hydrogen-bond acceptors (Lipinski definition) is 2. The Labute approximate surface area is 305 Å². The largest absolute Gasteiger partial charge is 0.441 e. The molecule has 3 nitrogen and oxygen atoms in total. The number of hydrogen-bond donors (Lipinski definition) is 0. The van der Waals surface area contributed by atoms with Gasteiger partial charge in [-0.25, -0.2) is 0 Å². The fraction of sp³-hybridized carbons (Fsp3) is 0.0204. The Bertz CT molecular complexity index is 3280. The molecule has 14 rings (SSSR count). The maximum Gasteiger partial charge on any atom is 0.336 e. The van der Waals surface area contributed by atoms with Crippen LogP contribution in [0.25, 0.3) is 66.0 Å². The van der Waals surface area contributed by atoms with E-state index in [1.54, 1.807) is 0 Å². The van der Waals surface area contributed by atoms with Gasteiger partial charge in [0.05, 0.1) is 22.2 Å². The van der Waals surface area contributed by atoms with Gasteiger partial charge < -0.3 is 13.8 Å². The minimum absolute atomic E-state index is 0.0968. The highest BCUT2D eigenvalue weighted by Gasteiger charge is 2.55. The first-order chi connectivity index (χ1) is 26.3. The van der Waals surface area contributed by atoms with Crippen LogP contribution in [0.1, 0.15) is 22.3 Å². The third kappa shape index (κ3) is 2.85. The van der Waals surface area contributed by atoms with Crippen LogP contribution in [-0.2, 0) is 5.41 Å². The summed E-state index contributed by atoms with van der Waals surface area (Å²) in [5.41, 5.74) is 19.6. The summed E-state index contributed by atoms with van der Waals surface area (Å²) >= 11 is 0. The second-order valence-electron chi connectivity index (χ2n) is 15.1. The number of fused-ring (bicyclic) bond motifs is 20. The van der Waals surface area contributed by atoms with Crippen molar-refractivity contribution in [2.45, 2.75) is 5.41 Å². The van der Waals surface area contributed by atoms with Gasteiger partial charge in [0, 0.05) is 32.9 Å². The molecule has 0 saturated heterocycles. The molecule has 0 saturated carbocycles. The summed E-state index contributed by atoms with van der Waals surface area (Å²) < 4.78 is 9.50. The Morgan fingerprint density at radius 3 is 1.98 bits per heavy atom. The predicted molar refractivity (Wildman–Crippen MR) is 218 cm³/mol. The molecule has 1 spiro atoms. The minimum Gasteiger partial charge on any atom is -0.441 e. The molecule has 4 heteroatoms. The van der Waals surface area contributed by atoms with Gasteiger partial charge in [0.25, 0.3) is 0 Å². The van der Waals surface area contributed by atoms with Crippen molar-refractivity contribution >= 4 is 78.6 Å². The van der Waals surface area contributed by atoms with Crippen molar-refractivity contribution in [1.82, 2.24) is 4.48 Å². The normalized spacial score (nSPS) is 14.9. The second-order valence-corrected chi connectivity index (χ2v) is 15.1. The zero-order valence-electron chi connectivity index (χ0n) is 28.5. The maximum atomic E-state index is 6.95. The molecule has 2 aromatic heterocycles. The Balaban J connectivity index is 1.23. The number of rotatable bonds is 0. The molecular formula is C49H27BN2O. The molecule has 242 valence electrons. The fourth-order valence-corrected chi connectivity index (χ4v) is 11.2. The molecule has 0 radical (unpaired) electrons. The van der Waals surface area contributed by atoms with Gasteiger partial charge in [-0.1, -0.05) is 146 Å². The molecule has 53 heavy (non-hydrogen) atoms. The van der Waals surface area contributed by atoms with Crippen LogP contribution in [0.4, 0.5) is 17.1 Å². The number of furan rings is 1. The van der Waals surface area contributed by atoms with Gasteiger partial charge in [0.2, 0.25) is 0 Å². The Kier molecular flexibility index (Phi) is 4.57. The number of anilines is 3. The number of benzene rings is 8. The van der Waals surface area contributed by atoms with Crippen molar-refractivity contribution in [3.05, 3.63) is 186 Å². The van der Waals surface area contributed by atoms with Crippen molar-refractivity contribution < 1.29 is 4.42 Å². The predicted octanol–water partition coefficient (Wildman–Crippen LogP) is 10.8. The fourth-order valence-electron chi connectivity index (χ4n) is 11.2.